The highest BCUT2D eigenvalue weighted by molar-refractivity contribution is 5.96. The predicted molar refractivity (Wildman–Crippen MR) is 66.6 cm³/mol. The number of hydrogen-bond acceptors (Lipinski definition) is 3. The monoisotopic (exact) mass is 322 g/mol. The molecule has 9 heteroatoms. The van der Waals surface area contributed by atoms with Crippen LogP contribution in [0.25, 0.3) is 11.1 Å². The Bertz CT molecular complexity index is 708. The largest absolute Gasteiger partial charge is 0.463 e. The van der Waals surface area contributed by atoms with Gasteiger partial charge in [0.1, 0.15) is 5.52 Å². The lowest BCUT2D eigenvalue weighted by Crippen LogP contribution is -2.33. The van der Waals surface area contributed by atoms with Gasteiger partial charge in [0, 0.05) is 19.2 Å². The molecule has 1 amide bonds. The molecule has 1 heterocycles. The highest BCUT2D eigenvalue weighted by Crippen LogP contribution is 2.44. The van der Waals surface area contributed by atoms with Crippen molar-refractivity contribution in [2.75, 3.05) is 13.6 Å². The van der Waals surface area contributed by atoms with Gasteiger partial charge in [0.05, 0.1) is 0 Å². The van der Waals surface area contributed by atoms with Gasteiger partial charge in [0.2, 0.25) is 0 Å². The molecule has 0 radical (unpaired) electrons. The van der Waals surface area contributed by atoms with Gasteiger partial charge < -0.3 is 9.32 Å². The number of benzene rings is 1. The zero-order chi connectivity index (χ0) is 16.7. The summed E-state index contributed by atoms with van der Waals surface area (Å²) in [7, 11) is 1.52. The lowest BCUT2D eigenvalue weighted by Gasteiger charge is -2.15. The van der Waals surface area contributed by atoms with Crippen molar-refractivity contribution in [1.29, 1.82) is 0 Å². The molecule has 1 aromatic heterocycles. The molecule has 0 aliphatic rings. The summed E-state index contributed by atoms with van der Waals surface area (Å²) in [5.74, 6) is -7.36. The minimum Gasteiger partial charge on any atom is -0.435 e. The van der Waals surface area contributed by atoms with Gasteiger partial charge in [-0.1, -0.05) is 0 Å². The van der Waals surface area contributed by atoms with E-state index in [2.05, 4.69) is 9.40 Å². The van der Waals surface area contributed by atoms with E-state index in [4.69, 9.17) is 0 Å². The smallest absolute Gasteiger partial charge is 0.435 e. The highest BCUT2D eigenvalue weighted by atomic mass is 19.4. The van der Waals surface area contributed by atoms with Crippen LogP contribution in [0.2, 0.25) is 0 Å². The molecule has 0 aliphatic carbocycles. The van der Waals surface area contributed by atoms with Gasteiger partial charge in [-0.05, 0) is 25.1 Å². The Balaban J connectivity index is 2.47. The molecule has 1 aromatic carbocycles. The number of fused-ring (bicyclic) bond motifs is 1. The summed E-state index contributed by atoms with van der Waals surface area (Å²) in [6.45, 7) is 2.14. The molecule has 2 rings (SSSR count). The third-order valence-electron chi connectivity index (χ3n) is 3.08. The highest BCUT2D eigenvalue weighted by Gasteiger charge is 2.62. The number of oxazole rings is 1. The Morgan fingerprint density at radius 2 is 1.91 bits per heavy atom. The third kappa shape index (κ3) is 2.62. The molecule has 0 atom stereocenters. The van der Waals surface area contributed by atoms with Gasteiger partial charge in [-0.2, -0.15) is 22.0 Å². The molecule has 0 spiro atoms. The minimum atomic E-state index is -5.81. The molecule has 4 nitrogen and oxygen atoms in total. The van der Waals surface area contributed by atoms with E-state index < -0.39 is 23.9 Å². The quantitative estimate of drug-likeness (QED) is 0.812. The fourth-order valence-electron chi connectivity index (χ4n) is 1.68. The van der Waals surface area contributed by atoms with Crippen LogP contribution in [0.1, 0.15) is 23.2 Å². The maximum absolute atomic E-state index is 13.2. The van der Waals surface area contributed by atoms with Crippen LogP contribution in [0, 0.1) is 0 Å². The van der Waals surface area contributed by atoms with Crippen LogP contribution >= 0.6 is 0 Å². The van der Waals surface area contributed by atoms with Crippen LogP contribution in [0.15, 0.2) is 22.6 Å². The van der Waals surface area contributed by atoms with Crippen molar-refractivity contribution < 1.29 is 31.2 Å². The standard InChI is InChI=1S/C13H11F5N2O2/c1-3-20(2)10(21)7-4-5-8-9(6-7)22-11(19-8)12(14,15)13(16,17)18/h4-6H,3H2,1-2H3. The maximum atomic E-state index is 13.2. The van der Waals surface area contributed by atoms with Crippen molar-refractivity contribution in [3.63, 3.8) is 0 Å². The number of carbonyl (C=O) groups excluding carboxylic acids is 1. The topological polar surface area (TPSA) is 46.3 Å². The van der Waals surface area contributed by atoms with Crippen LogP contribution in [-0.4, -0.2) is 35.6 Å². The number of amides is 1. The second kappa shape index (κ2) is 5.22. The van der Waals surface area contributed by atoms with Crippen molar-refractivity contribution >= 4 is 17.0 Å². The molecular weight excluding hydrogens is 311 g/mol. The molecule has 0 saturated carbocycles. The fourth-order valence-corrected chi connectivity index (χ4v) is 1.68. The first-order chi connectivity index (χ1) is 10.1. The van der Waals surface area contributed by atoms with Gasteiger partial charge in [-0.15, -0.1) is 0 Å². The second-order valence-corrected chi connectivity index (χ2v) is 4.59. The van der Waals surface area contributed by atoms with Gasteiger partial charge >= 0.3 is 12.1 Å². The number of nitrogens with zero attached hydrogens (tertiary/aromatic N) is 2. The lowest BCUT2D eigenvalue weighted by atomic mass is 10.2. The summed E-state index contributed by atoms with van der Waals surface area (Å²) >= 11 is 0. The Labute approximate surface area is 121 Å². The van der Waals surface area contributed by atoms with Crippen LogP contribution in [-0.2, 0) is 5.92 Å². The molecule has 0 saturated heterocycles. The number of halogens is 5. The predicted octanol–water partition coefficient (Wildman–Crippen LogP) is 3.57. The Morgan fingerprint density at radius 3 is 2.45 bits per heavy atom. The Hall–Kier alpha value is -2.19. The van der Waals surface area contributed by atoms with Crippen molar-refractivity contribution in [2.45, 2.75) is 19.0 Å². The summed E-state index contributed by atoms with van der Waals surface area (Å²) in [6.07, 6.45) is -5.81. The zero-order valence-corrected chi connectivity index (χ0v) is 11.5. The molecule has 0 bridgehead atoms. The molecule has 120 valence electrons. The van der Waals surface area contributed by atoms with Gasteiger partial charge in [0.25, 0.3) is 11.8 Å². The van der Waals surface area contributed by atoms with Gasteiger partial charge in [-0.3, -0.25) is 4.79 Å². The van der Waals surface area contributed by atoms with Crippen LogP contribution in [0.5, 0.6) is 0 Å². The molecule has 2 aromatic rings. The first-order valence-electron chi connectivity index (χ1n) is 6.19. The van der Waals surface area contributed by atoms with Crippen LogP contribution in [0.3, 0.4) is 0 Å². The normalized spacial score (nSPS) is 12.7. The molecule has 0 N–H and O–H groups in total. The Morgan fingerprint density at radius 1 is 1.27 bits per heavy atom. The summed E-state index contributed by atoms with van der Waals surface area (Å²) in [6, 6.07) is 3.53. The SMILES string of the molecule is CCN(C)C(=O)c1ccc2nc(C(F)(F)C(F)(F)F)oc2c1. The molecule has 22 heavy (non-hydrogen) atoms. The zero-order valence-electron chi connectivity index (χ0n) is 11.5. The van der Waals surface area contributed by atoms with E-state index in [1.165, 1.54) is 18.0 Å². The van der Waals surface area contributed by atoms with E-state index >= 15 is 0 Å². The van der Waals surface area contributed by atoms with Gasteiger partial charge in [-0.25, -0.2) is 4.98 Å². The van der Waals surface area contributed by atoms with Gasteiger partial charge in [0.15, 0.2) is 5.58 Å². The lowest BCUT2D eigenvalue weighted by molar-refractivity contribution is -0.297. The van der Waals surface area contributed by atoms with E-state index in [0.29, 0.717) is 6.54 Å². The van der Waals surface area contributed by atoms with Crippen molar-refractivity contribution in [3.05, 3.63) is 29.7 Å². The van der Waals surface area contributed by atoms with Crippen molar-refractivity contribution in [3.8, 4) is 0 Å². The summed E-state index contributed by atoms with van der Waals surface area (Å²) in [5.41, 5.74) is -0.390. The van der Waals surface area contributed by atoms with E-state index in [1.54, 1.807) is 6.92 Å². The summed E-state index contributed by atoms with van der Waals surface area (Å²) in [5, 5.41) is 0. The average molecular weight is 322 g/mol. The average Bonchev–Trinajstić information content (AvgIpc) is 2.87. The van der Waals surface area contributed by atoms with Crippen LogP contribution < -0.4 is 0 Å². The summed E-state index contributed by atoms with van der Waals surface area (Å²) < 4.78 is 67.8. The molecular formula is C13H11F5N2O2. The molecule has 0 aliphatic heterocycles. The van der Waals surface area contributed by atoms with Crippen molar-refractivity contribution in [1.82, 2.24) is 9.88 Å². The van der Waals surface area contributed by atoms with Crippen molar-refractivity contribution in [2.24, 2.45) is 0 Å². The number of hydrogen-bond donors (Lipinski definition) is 0. The number of alkyl halides is 5. The second-order valence-electron chi connectivity index (χ2n) is 4.59. The first kappa shape index (κ1) is 16.2. The third-order valence-corrected chi connectivity index (χ3v) is 3.08. The van der Waals surface area contributed by atoms with E-state index in [1.807, 2.05) is 0 Å². The first-order valence-corrected chi connectivity index (χ1v) is 6.19. The molecule has 0 unspecified atom stereocenters. The fraction of sp³-hybridized carbons (Fsp3) is 0.385. The molecule has 0 fully saturated rings. The van der Waals surface area contributed by atoms with E-state index in [9.17, 15) is 26.7 Å². The van der Waals surface area contributed by atoms with Crippen LogP contribution in [0.4, 0.5) is 22.0 Å². The summed E-state index contributed by atoms with van der Waals surface area (Å²) in [4.78, 5) is 16.4. The minimum absolute atomic E-state index is 0.106. The number of rotatable bonds is 3. The van der Waals surface area contributed by atoms with E-state index in [-0.39, 0.29) is 16.7 Å². The van der Waals surface area contributed by atoms with E-state index in [0.717, 1.165) is 12.1 Å². The number of aromatic nitrogens is 1. The Kier molecular flexibility index (Phi) is 3.84. The number of carbonyl (C=O) groups is 1. The maximum Gasteiger partial charge on any atom is 0.463 e.